The van der Waals surface area contributed by atoms with Crippen LogP contribution in [0.1, 0.15) is 33.1 Å². The SMILES string of the molecule is CCC[C@@H](N)C(=O)Nc1cccc(NC(=O)CC)c1. The summed E-state index contributed by atoms with van der Waals surface area (Å²) in [6.07, 6.45) is 1.93. The Hall–Kier alpha value is -1.88. The van der Waals surface area contributed by atoms with Crippen molar-refractivity contribution in [3.8, 4) is 0 Å². The van der Waals surface area contributed by atoms with Crippen molar-refractivity contribution in [2.24, 2.45) is 5.73 Å². The highest BCUT2D eigenvalue weighted by Gasteiger charge is 2.12. The average molecular weight is 263 g/mol. The third-order valence-electron chi connectivity index (χ3n) is 2.67. The van der Waals surface area contributed by atoms with Gasteiger partial charge in [0.05, 0.1) is 6.04 Å². The number of carbonyl (C=O) groups excluding carboxylic acids is 2. The minimum absolute atomic E-state index is 0.0637. The molecule has 1 aromatic rings. The van der Waals surface area contributed by atoms with Crippen LogP contribution >= 0.6 is 0 Å². The molecule has 0 aliphatic carbocycles. The Morgan fingerprint density at radius 2 is 1.84 bits per heavy atom. The van der Waals surface area contributed by atoms with Crippen molar-refractivity contribution in [3.05, 3.63) is 24.3 Å². The Balaban J connectivity index is 2.66. The zero-order chi connectivity index (χ0) is 14.3. The third kappa shape index (κ3) is 5.09. The molecule has 1 atom stereocenters. The molecule has 0 aliphatic rings. The second-order valence-electron chi connectivity index (χ2n) is 4.37. The first-order chi connectivity index (χ1) is 9.06. The topological polar surface area (TPSA) is 84.2 Å². The van der Waals surface area contributed by atoms with E-state index in [-0.39, 0.29) is 11.8 Å². The zero-order valence-corrected chi connectivity index (χ0v) is 11.4. The van der Waals surface area contributed by atoms with Crippen LogP contribution in [0.4, 0.5) is 11.4 Å². The molecule has 0 unspecified atom stereocenters. The Kier molecular flexibility index (Phi) is 6.02. The van der Waals surface area contributed by atoms with Gasteiger partial charge in [-0.2, -0.15) is 0 Å². The number of anilines is 2. The highest BCUT2D eigenvalue weighted by molar-refractivity contribution is 5.96. The second-order valence-corrected chi connectivity index (χ2v) is 4.37. The van der Waals surface area contributed by atoms with Crippen LogP contribution in [0.5, 0.6) is 0 Å². The summed E-state index contributed by atoms with van der Waals surface area (Å²) in [5.41, 5.74) is 7.03. The van der Waals surface area contributed by atoms with E-state index in [1.165, 1.54) is 0 Å². The van der Waals surface area contributed by atoms with Crippen molar-refractivity contribution in [3.63, 3.8) is 0 Å². The number of carbonyl (C=O) groups is 2. The van der Waals surface area contributed by atoms with Crippen LogP contribution in [-0.4, -0.2) is 17.9 Å². The van der Waals surface area contributed by atoms with Crippen molar-refractivity contribution in [1.82, 2.24) is 0 Å². The lowest BCUT2D eigenvalue weighted by molar-refractivity contribution is -0.117. The molecule has 0 radical (unpaired) electrons. The van der Waals surface area contributed by atoms with Gasteiger partial charge in [-0.15, -0.1) is 0 Å². The quantitative estimate of drug-likeness (QED) is 0.734. The lowest BCUT2D eigenvalue weighted by Crippen LogP contribution is -2.35. The van der Waals surface area contributed by atoms with E-state index in [0.717, 1.165) is 6.42 Å². The second kappa shape index (κ2) is 7.53. The number of amides is 2. The zero-order valence-electron chi connectivity index (χ0n) is 11.4. The monoisotopic (exact) mass is 263 g/mol. The molecule has 0 saturated carbocycles. The lowest BCUT2D eigenvalue weighted by Gasteiger charge is -2.12. The molecule has 0 saturated heterocycles. The van der Waals surface area contributed by atoms with Gasteiger partial charge in [0.15, 0.2) is 0 Å². The van der Waals surface area contributed by atoms with Crippen LogP contribution in [0, 0.1) is 0 Å². The number of benzene rings is 1. The first-order valence-corrected chi connectivity index (χ1v) is 6.53. The van der Waals surface area contributed by atoms with Gasteiger partial charge in [-0.1, -0.05) is 26.3 Å². The lowest BCUT2D eigenvalue weighted by atomic mass is 10.1. The van der Waals surface area contributed by atoms with Crippen LogP contribution in [0.3, 0.4) is 0 Å². The van der Waals surface area contributed by atoms with E-state index in [2.05, 4.69) is 10.6 Å². The van der Waals surface area contributed by atoms with Crippen molar-refractivity contribution < 1.29 is 9.59 Å². The van der Waals surface area contributed by atoms with Gasteiger partial charge in [0.25, 0.3) is 0 Å². The fraction of sp³-hybridized carbons (Fsp3) is 0.429. The fourth-order valence-corrected chi connectivity index (χ4v) is 1.60. The number of nitrogens with one attached hydrogen (secondary N) is 2. The van der Waals surface area contributed by atoms with Gasteiger partial charge >= 0.3 is 0 Å². The molecule has 104 valence electrons. The van der Waals surface area contributed by atoms with Crippen LogP contribution < -0.4 is 16.4 Å². The van der Waals surface area contributed by atoms with Crippen molar-refractivity contribution >= 4 is 23.2 Å². The number of hydrogen-bond donors (Lipinski definition) is 3. The van der Waals surface area contributed by atoms with Gasteiger partial charge in [0.1, 0.15) is 0 Å². The van der Waals surface area contributed by atoms with E-state index in [1.54, 1.807) is 31.2 Å². The molecule has 0 spiro atoms. The highest BCUT2D eigenvalue weighted by Crippen LogP contribution is 2.15. The minimum Gasteiger partial charge on any atom is -0.326 e. The maximum Gasteiger partial charge on any atom is 0.241 e. The van der Waals surface area contributed by atoms with Crippen LogP contribution in [0.2, 0.25) is 0 Å². The number of hydrogen-bond acceptors (Lipinski definition) is 3. The Labute approximate surface area is 113 Å². The van der Waals surface area contributed by atoms with E-state index in [1.807, 2.05) is 6.92 Å². The minimum atomic E-state index is -0.501. The standard InChI is InChI=1S/C14H21N3O2/c1-3-6-12(15)14(19)17-11-8-5-7-10(9-11)16-13(18)4-2/h5,7-9,12H,3-4,6,15H2,1-2H3,(H,16,18)(H,17,19)/t12-/m1/s1. The van der Waals surface area contributed by atoms with Crippen LogP contribution in [0.15, 0.2) is 24.3 Å². The molecule has 0 aromatic heterocycles. The summed E-state index contributed by atoms with van der Waals surface area (Å²) in [4.78, 5) is 23.1. The van der Waals surface area contributed by atoms with Crippen LogP contribution in [-0.2, 0) is 9.59 Å². The summed E-state index contributed by atoms with van der Waals surface area (Å²) >= 11 is 0. The van der Waals surface area contributed by atoms with Crippen molar-refractivity contribution in [2.75, 3.05) is 10.6 Å². The van der Waals surface area contributed by atoms with Gasteiger partial charge in [-0.3, -0.25) is 9.59 Å². The van der Waals surface area contributed by atoms with E-state index in [0.29, 0.717) is 24.2 Å². The summed E-state index contributed by atoms with van der Waals surface area (Å²) in [5, 5.41) is 5.48. The third-order valence-corrected chi connectivity index (χ3v) is 2.67. The number of nitrogens with two attached hydrogens (primary N) is 1. The van der Waals surface area contributed by atoms with Gasteiger partial charge in [0.2, 0.25) is 11.8 Å². The molecular formula is C14H21N3O2. The molecule has 19 heavy (non-hydrogen) atoms. The van der Waals surface area contributed by atoms with E-state index in [9.17, 15) is 9.59 Å². The van der Waals surface area contributed by atoms with E-state index in [4.69, 9.17) is 5.73 Å². The van der Waals surface area contributed by atoms with E-state index < -0.39 is 6.04 Å². The Bertz CT molecular complexity index is 446. The molecule has 2 amide bonds. The largest absolute Gasteiger partial charge is 0.326 e. The van der Waals surface area contributed by atoms with Gasteiger partial charge in [-0.25, -0.2) is 0 Å². The molecular weight excluding hydrogens is 242 g/mol. The summed E-state index contributed by atoms with van der Waals surface area (Å²) in [7, 11) is 0. The van der Waals surface area contributed by atoms with E-state index >= 15 is 0 Å². The van der Waals surface area contributed by atoms with Crippen LogP contribution in [0.25, 0.3) is 0 Å². The predicted molar refractivity (Wildman–Crippen MR) is 76.9 cm³/mol. The van der Waals surface area contributed by atoms with Gasteiger partial charge in [0, 0.05) is 17.8 Å². The first-order valence-electron chi connectivity index (χ1n) is 6.53. The summed E-state index contributed by atoms with van der Waals surface area (Å²) < 4.78 is 0. The molecule has 1 aromatic carbocycles. The Morgan fingerprint density at radius 1 is 1.21 bits per heavy atom. The van der Waals surface area contributed by atoms with Gasteiger partial charge < -0.3 is 16.4 Å². The average Bonchev–Trinajstić information content (AvgIpc) is 2.39. The number of rotatable bonds is 6. The molecule has 0 bridgehead atoms. The highest BCUT2D eigenvalue weighted by atomic mass is 16.2. The molecule has 0 aliphatic heterocycles. The molecule has 0 fully saturated rings. The normalized spacial score (nSPS) is 11.7. The molecule has 0 heterocycles. The summed E-state index contributed by atoms with van der Waals surface area (Å²) in [6, 6.07) is 6.52. The molecule has 4 N–H and O–H groups in total. The Morgan fingerprint density at radius 3 is 2.42 bits per heavy atom. The smallest absolute Gasteiger partial charge is 0.241 e. The van der Waals surface area contributed by atoms with Gasteiger partial charge in [-0.05, 0) is 24.6 Å². The molecule has 1 rings (SSSR count). The van der Waals surface area contributed by atoms with Crippen molar-refractivity contribution in [1.29, 1.82) is 0 Å². The predicted octanol–water partition coefficient (Wildman–Crippen LogP) is 2.10. The summed E-state index contributed by atoms with van der Waals surface area (Å²) in [6.45, 7) is 3.76. The maximum absolute atomic E-state index is 11.8. The summed E-state index contributed by atoms with van der Waals surface area (Å²) in [5.74, 6) is -0.271. The van der Waals surface area contributed by atoms with Crippen molar-refractivity contribution in [2.45, 2.75) is 39.2 Å². The molecule has 5 nitrogen and oxygen atoms in total. The first kappa shape index (κ1) is 15.2. The fourth-order valence-electron chi connectivity index (χ4n) is 1.60. The molecule has 5 heteroatoms. The maximum atomic E-state index is 11.8.